The molecule has 0 radical (unpaired) electrons. The van der Waals surface area contributed by atoms with Crippen molar-refractivity contribution in [2.75, 3.05) is 6.54 Å². The summed E-state index contributed by atoms with van der Waals surface area (Å²) >= 11 is 1.53. The Balaban J connectivity index is 0.955. The molecule has 0 spiro atoms. The standard InChI is InChI=1S/C48H57N7O8S2/c1-28(2)55-38-18-12-16-35(42-49-37(27-64-42)29-13-8-7-9-14-29)40(38)51-45(55)62-34-24-39-41(56)52-48(44(58)53-65(60,61)47(3)19-20-47)25-32(48)15-10-5-4-6-11-17-36(43(57)54(39)26-34)50-46(59)63-33-22-30-21-31(30)23-33/h7-10,12-16,18,27-28,30-34,36,39H,4-6,11,17,19-26H2,1-3H3,(H,50,59)(H,52,56)(H,53,58)/b15-10-/t30-,31+,32-,33?,34-,36+,39+,48-/m1/s1. The van der Waals surface area contributed by atoms with Crippen LogP contribution < -0.4 is 20.1 Å². The van der Waals surface area contributed by atoms with Gasteiger partial charge in [0.2, 0.25) is 21.8 Å². The fourth-order valence-corrected chi connectivity index (χ4v) is 12.3. The van der Waals surface area contributed by atoms with E-state index in [0.29, 0.717) is 55.5 Å². The summed E-state index contributed by atoms with van der Waals surface area (Å²) in [5.74, 6) is -1.08. The number of nitrogens with zero attached hydrogens (tertiary/aromatic N) is 4. The number of aromatic nitrogens is 3. The number of ether oxygens (including phenoxy) is 2. The Morgan fingerprint density at radius 2 is 1.74 bits per heavy atom. The Morgan fingerprint density at radius 1 is 0.954 bits per heavy atom. The lowest BCUT2D eigenvalue weighted by Crippen LogP contribution is -2.58. The second-order valence-electron chi connectivity index (χ2n) is 19.6. The van der Waals surface area contributed by atoms with Crippen LogP contribution in [0.5, 0.6) is 6.01 Å². The molecule has 2 aromatic carbocycles. The van der Waals surface area contributed by atoms with Crippen molar-refractivity contribution in [3.05, 3.63) is 66.1 Å². The number of para-hydroxylation sites is 1. The number of sulfonamides is 1. The largest absolute Gasteiger partial charge is 0.459 e. The average Bonchev–Trinajstić information content (AvgIpc) is 4.14. The molecular weight excluding hydrogens is 867 g/mol. The molecule has 0 bridgehead atoms. The highest BCUT2D eigenvalue weighted by molar-refractivity contribution is 7.91. The molecule has 4 aromatic rings. The molecule has 65 heavy (non-hydrogen) atoms. The number of thiazole rings is 1. The van der Waals surface area contributed by atoms with Crippen molar-refractivity contribution in [1.82, 2.24) is 34.8 Å². The molecule has 15 nitrogen and oxygen atoms in total. The summed E-state index contributed by atoms with van der Waals surface area (Å²) in [4.78, 5) is 68.6. The van der Waals surface area contributed by atoms with Crippen LogP contribution in [0, 0.1) is 17.8 Å². The van der Waals surface area contributed by atoms with Crippen LogP contribution in [0.1, 0.15) is 104 Å². The highest BCUT2D eigenvalue weighted by Crippen LogP contribution is 2.52. The molecule has 5 fully saturated rings. The normalized spacial score (nSPS) is 30.0. The van der Waals surface area contributed by atoms with E-state index in [4.69, 9.17) is 19.4 Å². The zero-order valence-electron chi connectivity index (χ0n) is 37.0. The Hall–Kier alpha value is -5.29. The summed E-state index contributed by atoms with van der Waals surface area (Å²) in [5, 5.41) is 8.67. The van der Waals surface area contributed by atoms with Gasteiger partial charge in [0.25, 0.3) is 11.9 Å². The van der Waals surface area contributed by atoms with Crippen molar-refractivity contribution in [2.24, 2.45) is 17.8 Å². The highest BCUT2D eigenvalue weighted by atomic mass is 32.2. The van der Waals surface area contributed by atoms with Crippen molar-refractivity contribution < 1.29 is 37.1 Å². The zero-order chi connectivity index (χ0) is 45.3. The van der Waals surface area contributed by atoms with Gasteiger partial charge in [-0.05, 0) is 103 Å². The molecule has 2 aromatic heterocycles. The maximum atomic E-state index is 14.9. The number of hydrogen-bond acceptors (Lipinski definition) is 11. The van der Waals surface area contributed by atoms with Crippen molar-refractivity contribution in [1.29, 1.82) is 0 Å². The quantitative estimate of drug-likeness (QED) is 0.139. The summed E-state index contributed by atoms with van der Waals surface area (Å²) in [6.07, 6.45) is 9.53. The van der Waals surface area contributed by atoms with Crippen LogP contribution >= 0.6 is 11.3 Å². The Labute approximate surface area is 383 Å². The minimum absolute atomic E-state index is 0.00747. The smallest absolute Gasteiger partial charge is 0.408 e. The first-order chi connectivity index (χ1) is 31.2. The third-order valence-electron chi connectivity index (χ3n) is 14.5. The molecule has 1 unspecified atom stereocenters. The summed E-state index contributed by atoms with van der Waals surface area (Å²) in [6, 6.07) is 14.1. The van der Waals surface area contributed by atoms with Gasteiger partial charge in [0, 0.05) is 34.9 Å². The fraction of sp³-hybridized carbons (Fsp3) is 0.542. The number of imidazole rings is 1. The number of rotatable bonds is 10. The first-order valence-corrected chi connectivity index (χ1v) is 25.6. The molecule has 17 heteroatoms. The predicted octanol–water partition coefficient (Wildman–Crippen LogP) is 7.04. The lowest BCUT2D eigenvalue weighted by atomic mass is 10.0. The van der Waals surface area contributed by atoms with Crippen LogP contribution in [0.25, 0.3) is 32.9 Å². The van der Waals surface area contributed by atoms with Crippen molar-refractivity contribution in [3.8, 4) is 27.8 Å². The molecule has 344 valence electrons. The van der Waals surface area contributed by atoms with E-state index in [9.17, 15) is 27.6 Å². The highest BCUT2D eigenvalue weighted by Gasteiger charge is 2.63. The maximum Gasteiger partial charge on any atom is 0.408 e. The van der Waals surface area contributed by atoms with E-state index in [1.54, 1.807) is 6.92 Å². The molecule has 10 rings (SSSR count). The summed E-state index contributed by atoms with van der Waals surface area (Å²) in [6.45, 7) is 5.66. The summed E-state index contributed by atoms with van der Waals surface area (Å²) in [5.41, 5.74) is 2.73. The monoisotopic (exact) mass is 923 g/mol. The number of carbonyl (C=O) groups excluding carboxylic acids is 4. The zero-order valence-corrected chi connectivity index (χ0v) is 38.7. The molecule has 4 amide bonds. The van der Waals surface area contributed by atoms with Crippen LogP contribution in [0.2, 0.25) is 0 Å². The van der Waals surface area contributed by atoms with Gasteiger partial charge in [-0.3, -0.25) is 23.7 Å². The molecule has 6 aliphatic rings. The van der Waals surface area contributed by atoms with Crippen LogP contribution in [-0.2, 0) is 29.1 Å². The van der Waals surface area contributed by atoms with Crippen molar-refractivity contribution in [3.63, 3.8) is 0 Å². The van der Waals surface area contributed by atoms with E-state index >= 15 is 0 Å². The minimum Gasteiger partial charge on any atom is -0.459 e. The molecule has 4 heterocycles. The number of hydrogen-bond donors (Lipinski definition) is 3. The van der Waals surface area contributed by atoms with Crippen molar-refractivity contribution in [2.45, 2.75) is 138 Å². The topological polar surface area (TPSA) is 191 Å². The van der Waals surface area contributed by atoms with E-state index in [1.807, 2.05) is 84.5 Å². The predicted molar refractivity (Wildman–Crippen MR) is 245 cm³/mol. The number of benzene rings is 2. The van der Waals surface area contributed by atoms with Gasteiger partial charge in [0.1, 0.15) is 40.4 Å². The Kier molecular flexibility index (Phi) is 11.3. The van der Waals surface area contributed by atoms with E-state index in [0.717, 1.165) is 53.0 Å². The van der Waals surface area contributed by atoms with Gasteiger partial charge in [-0.2, -0.15) is 4.98 Å². The lowest BCUT2D eigenvalue weighted by molar-refractivity contribution is -0.141. The van der Waals surface area contributed by atoms with Gasteiger partial charge in [-0.1, -0.05) is 61.4 Å². The van der Waals surface area contributed by atoms with E-state index in [2.05, 4.69) is 15.4 Å². The minimum atomic E-state index is -4.01. The maximum absolute atomic E-state index is 14.9. The number of nitrogens with one attached hydrogen (secondary N) is 3. The molecular formula is C48H57N7O8S2. The first-order valence-electron chi connectivity index (χ1n) is 23.2. The van der Waals surface area contributed by atoms with Crippen LogP contribution in [0.3, 0.4) is 0 Å². The van der Waals surface area contributed by atoms with E-state index < -0.39 is 68.2 Å². The lowest BCUT2D eigenvalue weighted by Gasteiger charge is -2.30. The van der Waals surface area contributed by atoms with Gasteiger partial charge >= 0.3 is 6.09 Å². The van der Waals surface area contributed by atoms with E-state index in [-0.39, 0.29) is 31.5 Å². The van der Waals surface area contributed by atoms with Gasteiger partial charge in [0.05, 0.1) is 22.5 Å². The number of amides is 4. The number of allylic oxidation sites excluding steroid dienone is 1. The van der Waals surface area contributed by atoms with Gasteiger partial charge in [-0.25, -0.2) is 18.2 Å². The molecule has 2 aliphatic heterocycles. The molecule has 4 saturated carbocycles. The van der Waals surface area contributed by atoms with Gasteiger partial charge < -0.3 is 25.0 Å². The fourth-order valence-electron chi connectivity index (χ4n) is 10.2. The summed E-state index contributed by atoms with van der Waals surface area (Å²) in [7, 11) is -4.01. The Morgan fingerprint density at radius 3 is 2.49 bits per heavy atom. The van der Waals surface area contributed by atoms with Crippen LogP contribution in [-0.4, -0.2) is 92.8 Å². The number of fused-ring (bicyclic) bond motifs is 4. The van der Waals surface area contributed by atoms with Crippen LogP contribution in [0.4, 0.5) is 4.79 Å². The van der Waals surface area contributed by atoms with Crippen molar-refractivity contribution >= 4 is 56.2 Å². The van der Waals surface area contributed by atoms with Gasteiger partial charge in [-0.15, -0.1) is 11.3 Å². The van der Waals surface area contributed by atoms with Gasteiger partial charge in [0.15, 0.2) is 0 Å². The average molecular weight is 924 g/mol. The molecule has 3 N–H and O–H groups in total. The molecule has 1 saturated heterocycles. The third kappa shape index (κ3) is 8.54. The second-order valence-corrected chi connectivity index (χ2v) is 22.6. The Bertz CT molecular complexity index is 2650. The molecule has 8 atom stereocenters. The van der Waals surface area contributed by atoms with Crippen LogP contribution in [0.15, 0.2) is 66.1 Å². The first kappa shape index (κ1) is 43.6. The number of carbonyl (C=O) groups is 4. The van der Waals surface area contributed by atoms with E-state index in [1.165, 1.54) is 22.7 Å². The summed E-state index contributed by atoms with van der Waals surface area (Å²) < 4.78 is 42.5. The number of alkyl carbamates (subject to hydrolysis) is 1. The SMILES string of the molecule is CC(C)n1c(O[C@@H]2C[C@H]3C(=O)N[C@]4(C(=O)NS(=O)(=O)C5(C)CC5)C[C@H]4/C=C\CCCCC[C@H](NC(=O)OC4C[C@@H]5C[C@@H]5C4)C(=O)N3C2)nc2c(-c3nc(-c4ccccc4)cs3)cccc21. The third-order valence-corrected chi connectivity index (χ3v) is 17.6. The molecule has 4 aliphatic carbocycles. The second kappa shape index (κ2) is 16.9.